The summed E-state index contributed by atoms with van der Waals surface area (Å²) < 4.78 is 17.0. The largest absolute Gasteiger partial charge is 0.381 e. The van der Waals surface area contributed by atoms with Gasteiger partial charge in [-0.1, -0.05) is 18.2 Å². The highest BCUT2D eigenvalue weighted by Gasteiger charge is 2.47. The molecule has 0 amide bonds. The van der Waals surface area contributed by atoms with Gasteiger partial charge in [-0.05, 0) is 13.0 Å². The van der Waals surface area contributed by atoms with Crippen LogP contribution in [-0.4, -0.2) is 81.3 Å². The molecule has 3 aliphatic rings. The van der Waals surface area contributed by atoms with Crippen molar-refractivity contribution in [1.29, 1.82) is 0 Å². The average Bonchev–Trinajstić information content (AvgIpc) is 2.61. The van der Waals surface area contributed by atoms with Crippen LogP contribution in [0.25, 0.3) is 0 Å². The molecule has 0 aromatic carbocycles. The summed E-state index contributed by atoms with van der Waals surface area (Å²) in [5.74, 6) is 0.341. The van der Waals surface area contributed by atoms with E-state index in [0.29, 0.717) is 5.92 Å². The fraction of sp³-hybridized carbons (Fsp3) is 0.765. The Morgan fingerprint density at radius 1 is 1.00 bits per heavy atom. The van der Waals surface area contributed by atoms with Gasteiger partial charge in [0, 0.05) is 38.7 Å². The van der Waals surface area contributed by atoms with E-state index in [1.807, 2.05) is 0 Å². The summed E-state index contributed by atoms with van der Waals surface area (Å²) in [6.07, 6.45) is 9.02. The van der Waals surface area contributed by atoms with Gasteiger partial charge in [0.1, 0.15) is 5.66 Å². The molecule has 0 radical (unpaired) electrons. The van der Waals surface area contributed by atoms with Crippen molar-refractivity contribution >= 4 is 0 Å². The van der Waals surface area contributed by atoms with Crippen LogP contribution in [-0.2, 0) is 14.2 Å². The summed E-state index contributed by atoms with van der Waals surface area (Å²) in [4.78, 5) is 5.15. The lowest BCUT2D eigenvalue weighted by Gasteiger charge is -2.55. The fourth-order valence-electron chi connectivity index (χ4n) is 3.81. The van der Waals surface area contributed by atoms with Crippen molar-refractivity contribution < 1.29 is 14.2 Å². The summed E-state index contributed by atoms with van der Waals surface area (Å²) in [6, 6.07) is 0. The van der Waals surface area contributed by atoms with E-state index in [9.17, 15) is 0 Å². The molecule has 0 bridgehead atoms. The molecule has 1 aliphatic carbocycles. The Balaban J connectivity index is 1.88. The van der Waals surface area contributed by atoms with E-state index in [4.69, 9.17) is 14.2 Å². The summed E-state index contributed by atoms with van der Waals surface area (Å²) in [7, 11) is 0. The molecular formula is C17H28N2O3. The first-order valence-corrected chi connectivity index (χ1v) is 8.47. The third-order valence-corrected chi connectivity index (χ3v) is 4.88. The van der Waals surface area contributed by atoms with Gasteiger partial charge in [-0.3, -0.25) is 9.80 Å². The Hall–Kier alpha value is -0.720. The standard InChI is InChI=1S/C17H28N2O3/c1-2-20-15-16-5-3-4-6-17(16,18-7-11-21-12-8-18)19-9-13-22-14-10-19/h3-6,16H,2,7-15H2,1H3. The molecule has 0 saturated carbocycles. The number of hydrogen-bond acceptors (Lipinski definition) is 5. The smallest absolute Gasteiger partial charge is 0.102 e. The highest BCUT2D eigenvalue weighted by Crippen LogP contribution is 2.36. The maximum Gasteiger partial charge on any atom is 0.102 e. The normalized spacial score (nSPS) is 29.8. The molecule has 0 aromatic rings. The van der Waals surface area contributed by atoms with Gasteiger partial charge >= 0.3 is 0 Å². The van der Waals surface area contributed by atoms with Crippen LogP contribution in [0.5, 0.6) is 0 Å². The van der Waals surface area contributed by atoms with Gasteiger partial charge in [-0.2, -0.15) is 0 Å². The molecule has 2 aliphatic heterocycles. The van der Waals surface area contributed by atoms with Gasteiger partial charge in [-0.25, -0.2) is 0 Å². The molecule has 2 heterocycles. The quantitative estimate of drug-likeness (QED) is 0.760. The molecule has 0 spiro atoms. The van der Waals surface area contributed by atoms with E-state index < -0.39 is 0 Å². The predicted molar refractivity (Wildman–Crippen MR) is 85.8 cm³/mol. The Kier molecular flexibility index (Phi) is 5.66. The maximum absolute atomic E-state index is 5.81. The Bertz CT molecular complexity index is 381. The van der Waals surface area contributed by atoms with Gasteiger partial charge in [0.15, 0.2) is 0 Å². The molecule has 3 rings (SSSR count). The molecule has 1 unspecified atom stereocenters. The second-order valence-corrected chi connectivity index (χ2v) is 5.99. The van der Waals surface area contributed by atoms with E-state index in [1.165, 1.54) is 0 Å². The van der Waals surface area contributed by atoms with Crippen molar-refractivity contribution in [3.8, 4) is 0 Å². The number of allylic oxidation sites excluding steroid dienone is 2. The average molecular weight is 308 g/mol. The van der Waals surface area contributed by atoms with Crippen LogP contribution in [0.3, 0.4) is 0 Å². The Morgan fingerprint density at radius 3 is 2.14 bits per heavy atom. The lowest BCUT2D eigenvalue weighted by Crippen LogP contribution is -2.68. The lowest BCUT2D eigenvalue weighted by atomic mass is 9.84. The van der Waals surface area contributed by atoms with Crippen molar-refractivity contribution in [2.75, 3.05) is 65.8 Å². The number of morpholine rings is 2. The molecule has 0 N–H and O–H groups in total. The van der Waals surface area contributed by atoms with Gasteiger partial charge in [-0.15, -0.1) is 0 Å². The Morgan fingerprint density at radius 2 is 1.59 bits per heavy atom. The Labute approximate surface area is 133 Å². The van der Waals surface area contributed by atoms with Crippen molar-refractivity contribution in [2.45, 2.75) is 12.6 Å². The zero-order valence-electron chi connectivity index (χ0n) is 13.6. The molecule has 1 atom stereocenters. The summed E-state index contributed by atoms with van der Waals surface area (Å²) in [5.41, 5.74) is -0.0997. The zero-order valence-corrected chi connectivity index (χ0v) is 13.6. The first kappa shape index (κ1) is 16.1. The van der Waals surface area contributed by atoms with E-state index in [-0.39, 0.29) is 5.66 Å². The van der Waals surface area contributed by atoms with Crippen molar-refractivity contribution in [2.24, 2.45) is 5.92 Å². The minimum absolute atomic E-state index is 0.0997. The number of nitrogens with zero attached hydrogens (tertiary/aromatic N) is 2. The third-order valence-electron chi connectivity index (χ3n) is 4.88. The SMILES string of the molecule is CCOCC1C=CC=CC1(N1CCOCC1)N1CCOCC1. The first-order chi connectivity index (χ1) is 10.9. The highest BCUT2D eigenvalue weighted by atomic mass is 16.5. The topological polar surface area (TPSA) is 34.2 Å². The van der Waals surface area contributed by atoms with Crippen molar-refractivity contribution in [3.05, 3.63) is 24.3 Å². The molecule has 124 valence electrons. The number of rotatable bonds is 5. The summed E-state index contributed by atoms with van der Waals surface area (Å²) in [6.45, 7) is 10.7. The van der Waals surface area contributed by atoms with Crippen LogP contribution >= 0.6 is 0 Å². The second-order valence-electron chi connectivity index (χ2n) is 5.99. The lowest BCUT2D eigenvalue weighted by molar-refractivity contribution is -0.131. The van der Waals surface area contributed by atoms with Crippen LogP contribution in [0, 0.1) is 5.92 Å². The van der Waals surface area contributed by atoms with Gasteiger partial charge < -0.3 is 14.2 Å². The maximum atomic E-state index is 5.81. The van der Waals surface area contributed by atoms with Crippen LogP contribution < -0.4 is 0 Å². The van der Waals surface area contributed by atoms with Crippen LogP contribution in [0.1, 0.15) is 6.92 Å². The van der Waals surface area contributed by atoms with E-state index >= 15 is 0 Å². The molecule has 2 saturated heterocycles. The predicted octanol–water partition coefficient (Wildman–Crippen LogP) is 1.13. The first-order valence-electron chi connectivity index (χ1n) is 8.47. The van der Waals surface area contributed by atoms with E-state index in [0.717, 1.165) is 65.8 Å². The summed E-state index contributed by atoms with van der Waals surface area (Å²) in [5, 5.41) is 0. The second kappa shape index (κ2) is 7.70. The highest BCUT2D eigenvalue weighted by molar-refractivity contribution is 5.25. The fourth-order valence-corrected chi connectivity index (χ4v) is 3.81. The van der Waals surface area contributed by atoms with Crippen molar-refractivity contribution in [3.63, 3.8) is 0 Å². The molecule has 5 heteroatoms. The summed E-state index contributed by atoms with van der Waals surface area (Å²) >= 11 is 0. The molecule has 2 fully saturated rings. The molecule has 22 heavy (non-hydrogen) atoms. The van der Waals surface area contributed by atoms with Crippen LogP contribution in [0.2, 0.25) is 0 Å². The van der Waals surface area contributed by atoms with Gasteiger partial charge in [0.2, 0.25) is 0 Å². The monoisotopic (exact) mass is 308 g/mol. The van der Waals surface area contributed by atoms with Gasteiger partial charge in [0.25, 0.3) is 0 Å². The third kappa shape index (κ3) is 3.14. The van der Waals surface area contributed by atoms with Crippen LogP contribution in [0.15, 0.2) is 24.3 Å². The molecule has 5 nitrogen and oxygen atoms in total. The van der Waals surface area contributed by atoms with E-state index in [2.05, 4.69) is 41.0 Å². The molecule has 0 aromatic heterocycles. The molecular weight excluding hydrogens is 280 g/mol. The number of ether oxygens (including phenoxy) is 3. The van der Waals surface area contributed by atoms with Gasteiger partial charge in [0.05, 0.1) is 33.0 Å². The van der Waals surface area contributed by atoms with Crippen LogP contribution in [0.4, 0.5) is 0 Å². The minimum Gasteiger partial charge on any atom is -0.381 e. The number of hydrogen-bond donors (Lipinski definition) is 0. The zero-order chi connectivity index (χ0) is 15.3. The van der Waals surface area contributed by atoms with Crippen molar-refractivity contribution in [1.82, 2.24) is 9.80 Å². The van der Waals surface area contributed by atoms with E-state index in [1.54, 1.807) is 0 Å². The minimum atomic E-state index is -0.0997.